The largest absolute Gasteiger partial charge is 0.300 e. The third kappa shape index (κ3) is 2.42. The lowest BCUT2D eigenvalue weighted by molar-refractivity contribution is 0.104. The van der Waals surface area contributed by atoms with E-state index in [1.54, 1.807) is 0 Å². The zero-order valence-corrected chi connectivity index (χ0v) is 8.59. The number of hydrogen-bond acceptors (Lipinski definition) is 4. The molecule has 0 saturated carbocycles. The summed E-state index contributed by atoms with van der Waals surface area (Å²) < 4.78 is 26.8. The van der Waals surface area contributed by atoms with Gasteiger partial charge in [0.05, 0.1) is 12.4 Å². The van der Waals surface area contributed by atoms with Gasteiger partial charge in [0.15, 0.2) is 0 Å². The summed E-state index contributed by atoms with van der Waals surface area (Å²) in [6.45, 7) is 3.02. The highest BCUT2D eigenvalue weighted by Crippen LogP contribution is 2.28. The first-order valence-electron chi connectivity index (χ1n) is 4.63. The van der Waals surface area contributed by atoms with Gasteiger partial charge in [-0.05, 0) is 25.3 Å². The molecule has 5 heteroatoms. The minimum absolute atomic E-state index is 0.101. The lowest BCUT2D eigenvalue weighted by Gasteiger charge is -2.28. The van der Waals surface area contributed by atoms with Crippen molar-refractivity contribution in [3.05, 3.63) is 0 Å². The Morgan fingerprint density at radius 1 is 1.38 bits per heavy atom. The molecule has 0 N–H and O–H groups in total. The van der Waals surface area contributed by atoms with Gasteiger partial charge in [-0.15, -0.1) is 0 Å². The number of rotatable bonds is 2. The first kappa shape index (κ1) is 9.43. The van der Waals surface area contributed by atoms with Gasteiger partial charge in [-0.3, -0.25) is 4.18 Å². The highest BCUT2D eigenvalue weighted by molar-refractivity contribution is 7.86. The monoisotopic (exact) mass is 205 g/mol. The molecule has 0 aromatic heterocycles. The molecule has 2 fully saturated rings. The van der Waals surface area contributed by atoms with Crippen LogP contribution in [0.1, 0.15) is 12.8 Å². The second-order valence-corrected chi connectivity index (χ2v) is 5.67. The van der Waals surface area contributed by atoms with Crippen molar-refractivity contribution in [2.75, 3.05) is 25.9 Å². The Morgan fingerprint density at radius 3 is 2.77 bits per heavy atom. The number of fused-ring (bicyclic) bond motifs is 2. The van der Waals surface area contributed by atoms with Crippen molar-refractivity contribution in [1.82, 2.24) is 4.90 Å². The van der Waals surface area contributed by atoms with Gasteiger partial charge in [0.25, 0.3) is 10.1 Å². The van der Waals surface area contributed by atoms with Crippen molar-refractivity contribution >= 4 is 10.1 Å². The summed E-state index contributed by atoms with van der Waals surface area (Å²) in [7, 11) is -3.27. The van der Waals surface area contributed by atoms with E-state index in [4.69, 9.17) is 4.18 Å². The Morgan fingerprint density at radius 2 is 2.15 bits per heavy atom. The quantitative estimate of drug-likeness (QED) is 0.598. The van der Waals surface area contributed by atoms with Crippen molar-refractivity contribution in [1.29, 1.82) is 0 Å². The molecule has 0 aliphatic carbocycles. The van der Waals surface area contributed by atoms with Crippen molar-refractivity contribution in [2.24, 2.45) is 5.92 Å². The molecular weight excluding hydrogens is 190 g/mol. The van der Waals surface area contributed by atoms with Crippen molar-refractivity contribution in [3.8, 4) is 0 Å². The predicted octanol–water partition coefficient (Wildman–Crippen LogP) is 0.0568. The molecule has 0 amide bonds. The third-order valence-corrected chi connectivity index (χ3v) is 3.36. The van der Waals surface area contributed by atoms with Crippen LogP contribution in [0, 0.1) is 5.92 Å². The van der Waals surface area contributed by atoms with Crippen LogP contribution in [0.25, 0.3) is 0 Å². The van der Waals surface area contributed by atoms with E-state index in [1.165, 1.54) is 6.42 Å². The Bertz CT molecular complexity index is 276. The molecule has 2 aliphatic heterocycles. The van der Waals surface area contributed by atoms with Gasteiger partial charge in [0, 0.05) is 13.1 Å². The van der Waals surface area contributed by atoms with Gasteiger partial charge in [-0.25, -0.2) is 0 Å². The maximum Gasteiger partial charge on any atom is 0.264 e. The van der Waals surface area contributed by atoms with E-state index >= 15 is 0 Å². The van der Waals surface area contributed by atoms with E-state index in [2.05, 4.69) is 4.90 Å². The van der Waals surface area contributed by atoms with E-state index in [9.17, 15) is 8.42 Å². The standard InChI is InChI=1S/C8H15NO3S/c1-13(10,11)12-8-4-7-2-3-9(5-7)6-8/h7-8H,2-6H2,1H3. The highest BCUT2D eigenvalue weighted by atomic mass is 32.2. The number of hydrogen-bond donors (Lipinski definition) is 0. The molecule has 3 unspecified atom stereocenters. The highest BCUT2D eigenvalue weighted by Gasteiger charge is 2.34. The summed E-state index contributed by atoms with van der Waals surface area (Å²) in [6, 6.07) is 0. The molecule has 2 bridgehead atoms. The summed E-state index contributed by atoms with van der Waals surface area (Å²) in [6.07, 6.45) is 3.13. The summed E-state index contributed by atoms with van der Waals surface area (Å²) in [5.74, 6) is 0.653. The summed E-state index contributed by atoms with van der Waals surface area (Å²) in [4.78, 5) is 2.28. The van der Waals surface area contributed by atoms with Gasteiger partial charge < -0.3 is 4.90 Å². The van der Waals surface area contributed by atoms with Crippen LogP contribution in [0.3, 0.4) is 0 Å². The molecular formula is C8H15NO3S. The summed E-state index contributed by atoms with van der Waals surface area (Å²) in [5, 5.41) is 0. The van der Waals surface area contributed by atoms with Gasteiger partial charge in [-0.2, -0.15) is 8.42 Å². The maximum absolute atomic E-state index is 10.9. The van der Waals surface area contributed by atoms with Gasteiger partial charge in [-0.1, -0.05) is 0 Å². The molecule has 0 spiro atoms. The fourth-order valence-corrected chi connectivity index (χ4v) is 2.96. The zero-order valence-electron chi connectivity index (χ0n) is 7.77. The van der Waals surface area contributed by atoms with Crippen LogP contribution in [0.4, 0.5) is 0 Å². The van der Waals surface area contributed by atoms with Gasteiger partial charge in [0.2, 0.25) is 0 Å². The van der Waals surface area contributed by atoms with Crippen LogP contribution >= 0.6 is 0 Å². The second kappa shape index (κ2) is 3.22. The second-order valence-electron chi connectivity index (χ2n) is 4.07. The molecule has 76 valence electrons. The van der Waals surface area contributed by atoms with Crippen molar-refractivity contribution in [2.45, 2.75) is 18.9 Å². The van der Waals surface area contributed by atoms with Gasteiger partial charge in [0.1, 0.15) is 0 Å². The molecule has 4 nitrogen and oxygen atoms in total. The van der Waals surface area contributed by atoms with Crippen LogP contribution in [-0.4, -0.2) is 45.3 Å². The van der Waals surface area contributed by atoms with Crippen LogP contribution in [0.5, 0.6) is 0 Å². The molecule has 2 rings (SSSR count). The molecule has 0 aromatic rings. The molecule has 0 radical (unpaired) electrons. The van der Waals surface area contributed by atoms with E-state index in [1.807, 2.05) is 0 Å². The molecule has 2 saturated heterocycles. The van der Waals surface area contributed by atoms with Crippen molar-refractivity contribution in [3.63, 3.8) is 0 Å². The molecule has 0 aromatic carbocycles. The number of piperidine rings is 1. The molecule has 2 heterocycles. The first-order chi connectivity index (χ1) is 6.03. The SMILES string of the molecule is CS(=O)(=O)OC1CC2CCN(C2)C1. The Labute approximate surface area is 79.0 Å². The molecule has 3 atom stereocenters. The van der Waals surface area contributed by atoms with E-state index in [0.29, 0.717) is 5.92 Å². The first-order valence-corrected chi connectivity index (χ1v) is 6.45. The average molecular weight is 205 g/mol. The number of nitrogens with zero attached hydrogens (tertiary/aromatic N) is 1. The summed E-state index contributed by atoms with van der Waals surface area (Å²) in [5.41, 5.74) is 0. The lowest BCUT2D eigenvalue weighted by Crippen LogP contribution is -2.38. The smallest absolute Gasteiger partial charge is 0.264 e. The Kier molecular flexibility index (Phi) is 2.33. The predicted molar refractivity (Wildman–Crippen MR) is 48.9 cm³/mol. The van der Waals surface area contributed by atoms with Crippen LogP contribution < -0.4 is 0 Å². The van der Waals surface area contributed by atoms with Crippen molar-refractivity contribution < 1.29 is 12.6 Å². The van der Waals surface area contributed by atoms with E-state index < -0.39 is 10.1 Å². The Hall–Kier alpha value is -0.130. The normalized spacial score (nSPS) is 39.3. The minimum Gasteiger partial charge on any atom is -0.300 e. The fraction of sp³-hybridized carbons (Fsp3) is 1.00. The average Bonchev–Trinajstić information content (AvgIpc) is 2.27. The van der Waals surface area contributed by atoms with Gasteiger partial charge >= 0.3 is 0 Å². The molecule has 2 aliphatic rings. The minimum atomic E-state index is -3.27. The molecule has 13 heavy (non-hydrogen) atoms. The van der Waals surface area contributed by atoms with Crippen LogP contribution in [0.2, 0.25) is 0 Å². The Balaban J connectivity index is 1.96. The fourth-order valence-electron chi connectivity index (χ4n) is 2.32. The lowest BCUT2D eigenvalue weighted by atomic mass is 9.99. The zero-order chi connectivity index (χ0) is 9.47. The topological polar surface area (TPSA) is 46.6 Å². The van der Waals surface area contributed by atoms with Crippen LogP contribution in [0.15, 0.2) is 0 Å². The third-order valence-electron chi connectivity index (χ3n) is 2.74. The maximum atomic E-state index is 10.9. The van der Waals surface area contributed by atoms with E-state index in [-0.39, 0.29) is 6.10 Å². The van der Waals surface area contributed by atoms with Crippen LogP contribution in [-0.2, 0) is 14.3 Å². The summed E-state index contributed by atoms with van der Waals surface area (Å²) >= 11 is 0. The van der Waals surface area contributed by atoms with E-state index in [0.717, 1.165) is 32.3 Å².